The van der Waals surface area contributed by atoms with Crippen LogP contribution in [-0.2, 0) is 11.2 Å². The molecule has 0 unspecified atom stereocenters. The third-order valence-electron chi connectivity index (χ3n) is 4.11. The van der Waals surface area contributed by atoms with Crippen LogP contribution >= 0.6 is 11.6 Å². The molecule has 6 nitrogen and oxygen atoms in total. The average Bonchev–Trinajstić information content (AvgIpc) is 3.16. The Morgan fingerprint density at radius 2 is 2.04 bits per heavy atom. The molecule has 1 atom stereocenters. The molecule has 3 aromatic rings. The van der Waals surface area contributed by atoms with Crippen molar-refractivity contribution < 1.29 is 14.1 Å². The zero-order valence-electron chi connectivity index (χ0n) is 15.1. The lowest BCUT2D eigenvalue weighted by Crippen LogP contribution is -2.26. The van der Waals surface area contributed by atoms with E-state index in [1.807, 2.05) is 43.3 Å². The highest BCUT2D eigenvalue weighted by molar-refractivity contribution is 6.30. The Hall–Kier alpha value is -2.86. The van der Waals surface area contributed by atoms with E-state index in [9.17, 15) is 4.79 Å². The van der Waals surface area contributed by atoms with E-state index in [1.165, 1.54) is 0 Å². The van der Waals surface area contributed by atoms with Gasteiger partial charge in [-0.1, -0.05) is 41.0 Å². The molecule has 1 N–H and O–H groups in total. The maximum absolute atomic E-state index is 12.2. The Morgan fingerprint density at radius 3 is 2.78 bits per heavy atom. The van der Waals surface area contributed by atoms with Crippen molar-refractivity contribution in [2.75, 3.05) is 7.11 Å². The average molecular weight is 386 g/mol. The highest BCUT2D eigenvalue weighted by Gasteiger charge is 2.13. The Balaban J connectivity index is 1.54. The van der Waals surface area contributed by atoms with Crippen LogP contribution in [0.1, 0.15) is 30.8 Å². The maximum atomic E-state index is 12.2. The van der Waals surface area contributed by atoms with Crippen molar-refractivity contribution in [1.29, 1.82) is 0 Å². The van der Waals surface area contributed by atoms with Crippen molar-refractivity contribution >= 4 is 17.5 Å². The molecule has 1 aromatic heterocycles. The third-order valence-corrected chi connectivity index (χ3v) is 4.36. The highest BCUT2D eigenvalue weighted by Crippen LogP contribution is 2.21. The second-order valence-electron chi connectivity index (χ2n) is 6.08. The molecule has 27 heavy (non-hydrogen) atoms. The van der Waals surface area contributed by atoms with Gasteiger partial charge in [-0.25, -0.2) is 0 Å². The molecule has 0 saturated carbocycles. The van der Waals surface area contributed by atoms with Gasteiger partial charge in [0.2, 0.25) is 17.6 Å². The first-order valence-corrected chi connectivity index (χ1v) is 8.95. The second kappa shape index (κ2) is 8.68. The molecule has 1 heterocycles. The van der Waals surface area contributed by atoms with E-state index in [1.54, 1.807) is 19.2 Å². The third kappa shape index (κ3) is 5.08. The van der Waals surface area contributed by atoms with Crippen molar-refractivity contribution in [3.63, 3.8) is 0 Å². The Kier molecular flexibility index (Phi) is 6.08. The minimum Gasteiger partial charge on any atom is -0.497 e. The molecule has 0 fully saturated rings. The monoisotopic (exact) mass is 385 g/mol. The number of rotatable bonds is 7. The number of hydrogen-bond acceptors (Lipinski definition) is 5. The summed E-state index contributed by atoms with van der Waals surface area (Å²) in [6.07, 6.45) is 0.633. The molecule has 1 amide bonds. The van der Waals surface area contributed by atoms with E-state index < -0.39 is 0 Å². The number of ether oxygens (including phenoxy) is 1. The lowest BCUT2D eigenvalue weighted by Gasteiger charge is -2.14. The molecule has 2 aromatic carbocycles. The quantitative estimate of drug-likeness (QED) is 0.659. The Labute approximate surface area is 162 Å². The number of nitrogens with one attached hydrogen (secondary N) is 1. The van der Waals surface area contributed by atoms with Gasteiger partial charge < -0.3 is 14.6 Å². The summed E-state index contributed by atoms with van der Waals surface area (Å²) in [4.78, 5) is 16.5. The number of amides is 1. The van der Waals surface area contributed by atoms with Crippen LogP contribution in [0.4, 0.5) is 0 Å². The smallest absolute Gasteiger partial charge is 0.227 e. The molecule has 0 aliphatic rings. The van der Waals surface area contributed by atoms with Gasteiger partial charge in [-0.15, -0.1) is 0 Å². The van der Waals surface area contributed by atoms with E-state index in [0.29, 0.717) is 23.2 Å². The van der Waals surface area contributed by atoms with Crippen LogP contribution in [0.5, 0.6) is 5.75 Å². The first-order valence-electron chi connectivity index (χ1n) is 8.57. The highest BCUT2D eigenvalue weighted by atomic mass is 35.5. The van der Waals surface area contributed by atoms with E-state index in [-0.39, 0.29) is 18.4 Å². The number of aryl methyl sites for hydroxylation is 1. The zero-order valence-corrected chi connectivity index (χ0v) is 15.9. The summed E-state index contributed by atoms with van der Waals surface area (Å²) >= 11 is 5.89. The van der Waals surface area contributed by atoms with Gasteiger partial charge >= 0.3 is 0 Å². The summed E-state index contributed by atoms with van der Waals surface area (Å²) in [5.74, 6) is 1.52. The summed E-state index contributed by atoms with van der Waals surface area (Å²) in [5.41, 5.74) is 1.79. The number of carbonyl (C=O) groups is 1. The summed E-state index contributed by atoms with van der Waals surface area (Å²) in [6.45, 7) is 1.93. The van der Waals surface area contributed by atoms with Gasteiger partial charge in [-0.3, -0.25) is 4.79 Å². The van der Waals surface area contributed by atoms with E-state index in [4.69, 9.17) is 20.9 Å². The molecule has 0 aliphatic heterocycles. The number of methoxy groups -OCH3 is 1. The molecular weight excluding hydrogens is 366 g/mol. The van der Waals surface area contributed by atoms with Crippen LogP contribution in [0.3, 0.4) is 0 Å². The molecule has 0 spiro atoms. The number of benzene rings is 2. The number of aromatic nitrogens is 2. The van der Waals surface area contributed by atoms with Crippen LogP contribution in [0.25, 0.3) is 11.4 Å². The van der Waals surface area contributed by atoms with Gasteiger partial charge in [0.25, 0.3) is 0 Å². The normalized spacial score (nSPS) is 11.8. The maximum Gasteiger partial charge on any atom is 0.227 e. The summed E-state index contributed by atoms with van der Waals surface area (Å²) in [7, 11) is 1.60. The van der Waals surface area contributed by atoms with Crippen molar-refractivity contribution in [3.05, 3.63) is 65.0 Å². The summed E-state index contributed by atoms with van der Waals surface area (Å²) in [6, 6.07) is 14.7. The topological polar surface area (TPSA) is 77.2 Å². The van der Waals surface area contributed by atoms with Crippen LogP contribution in [-0.4, -0.2) is 23.2 Å². The van der Waals surface area contributed by atoms with E-state index >= 15 is 0 Å². The van der Waals surface area contributed by atoms with E-state index in [2.05, 4.69) is 15.5 Å². The standard InChI is InChI=1S/C20H20ClN3O3/c1-13(14-6-8-16(21)9-7-14)22-18(25)10-11-19-23-20(24-27-19)15-4-3-5-17(12-15)26-2/h3-9,12-13H,10-11H2,1-2H3,(H,22,25)/t13-/m0/s1. The van der Waals surface area contributed by atoms with Crippen molar-refractivity contribution in [3.8, 4) is 17.1 Å². The van der Waals surface area contributed by atoms with Crippen LogP contribution < -0.4 is 10.1 Å². The summed E-state index contributed by atoms with van der Waals surface area (Å²) in [5, 5.41) is 7.59. The molecule has 0 aliphatic carbocycles. The fraction of sp³-hybridized carbons (Fsp3) is 0.250. The molecular formula is C20H20ClN3O3. The van der Waals surface area contributed by atoms with Gasteiger partial charge in [0.05, 0.1) is 13.2 Å². The fourth-order valence-electron chi connectivity index (χ4n) is 2.60. The lowest BCUT2D eigenvalue weighted by molar-refractivity contribution is -0.121. The molecule has 0 radical (unpaired) electrons. The minimum atomic E-state index is -0.107. The van der Waals surface area contributed by atoms with Crippen molar-refractivity contribution in [2.45, 2.75) is 25.8 Å². The number of nitrogens with zero attached hydrogens (tertiary/aromatic N) is 2. The van der Waals surface area contributed by atoms with Gasteiger partial charge in [-0.05, 0) is 36.8 Å². The van der Waals surface area contributed by atoms with Gasteiger partial charge in [0, 0.05) is 23.4 Å². The summed E-state index contributed by atoms with van der Waals surface area (Å²) < 4.78 is 10.4. The van der Waals surface area contributed by atoms with Crippen molar-refractivity contribution in [2.24, 2.45) is 0 Å². The molecule has 3 rings (SSSR count). The Morgan fingerprint density at radius 1 is 1.26 bits per heavy atom. The zero-order chi connectivity index (χ0) is 19.2. The largest absolute Gasteiger partial charge is 0.497 e. The van der Waals surface area contributed by atoms with Crippen LogP contribution in [0, 0.1) is 0 Å². The fourth-order valence-corrected chi connectivity index (χ4v) is 2.73. The number of carbonyl (C=O) groups excluding carboxylic acids is 1. The van der Waals surface area contributed by atoms with Gasteiger partial charge in [-0.2, -0.15) is 4.98 Å². The SMILES string of the molecule is COc1cccc(-c2noc(CCC(=O)N[C@@H](C)c3ccc(Cl)cc3)n2)c1. The Bertz CT molecular complexity index is 909. The molecule has 0 bridgehead atoms. The van der Waals surface area contributed by atoms with E-state index in [0.717, 1.165) is 16.9 Å². The second-order valence-corrected chi connectivity index (χ2v) is 6.52. The minimum absolute atomic E-state index is 0.0846. The molecule has 140 valence electrons. The van der Waals surface area contributed by atoms with Gasteiger partial charge in [0.15, 0.2) is 0 Å². The molecule has 0 saturated heterocycles. The first kappa shape index (κ1) is 18.9. The number of halogens is 1. The van der Waals surface area contributed by atoms with Gasteiger partial charge in [0.1, 0.15) is 5.75 Å². The van der Waals surface area contributed by atoms with Crippen LogP contribution in [0.2, 0.25) is 5.02 Å². The number of hydrogen-bond donors (Lipinski definition) is 1. The van der Waals surface area contributed by atoms with Crippen molar-refractivity contribution in [1.82, 2.24) is 15.5 Å². The molecule has 7 heteroatoms. The predicted octanol–water partition coefficient (Wildman–Crippen LogP) is 4.21. The van der Waals surface area contributed by atoms with Crippen LogP contribution in [0.15, 0.2) is 53.1 Å². The first-order chi connectivity index (χ1) is 13.0. The lowest BCUT2D eigenvalue weighted by atomic mass is 10.1. The predicted molar refractivity (Wildman–Crippen MR) is 103 cm³/mol.